The van der Waals surface area contributed by atoms with E-state index in [1.54, 1.807) is 16.7 Å². The largest absolute Gasteiger partial charge is 0.481 e. The Morgan fingerprint density at radius 2 is 2.10 bits per heavy atom. The van der Waals surface area contributed by atoms with E-state index in [4.69, 9.17) is 16.7 Å². The highest BCUT2D eigenvalue weighted by atomic mass is 35.5. The molecule has 5 nitrogen and oxygen atoms in total. The highest BCUT2D eigenvalue weighted by Gasteiger charge is 2.30. The van der Waals surface area contributed by atoms with Gasteiger partial charge in [0.2, 0.25) is 0 Å². The number of likely N-dealkylation sites (tertiary alicyclic amines) is 1. The number of amides is 2. The van der Waals surface area contributed by atoms with E-state index in [-0.39, 0.29) is 6.03 Å². The van der Waals surface area contributed by atoms with Gasteiger partial charge < -0.3 is 15.3 Å². The summed E-state index contributed by atoms with van der Waals surface area (Å²) in [6.45, 7) is 1.35. The lowest BCUT2D eigenvalue weighted by molar-refractivity contribution is -0.141. The number of hydrogen-bond donors (Lipinski definition) is 2. The van der Waals surface area contributed by atoms with Gasteiger partial charge in [0.25, 0.3) is 0 Å². The molecule has 0 saturated carbocycles. The Morgan fingerprint density at radius 3 is 2.71 bits per heavy atom. The number of carboxylic acids is 1. The van der Waals surface area contributed by atoms with Crippen molar-refractivity contribution >= 4 is 35.4 Å². The van der Waals surface area contributed by atoms with Crippen LogP contribution < -0.4 is 5.32 Å². The maximum Gasteiger partial charge on any atom is 0.317 e. The van der Waals surface area contributed by atoms with Gasteiger partial charge in [-0.15, -0.1) is 11.8 Å². The quantitative estimate of drug-likeness (QED) is 0.644. The van der Waals surface area contributed by atoms with E-state index >= 15 is 0 Å². The maximum atomic E-state index is 11.9. The summed E-state index contributed by atoms with van der Waals surface area (Å²) in [6, 6.07) is 7.35. The third kappa shape index (κ3) is 4.82. The molecule has 114 valence electrons. The first-order valence-corrected chi connectivity index (χ1v) is 8.06. The zero-order valence-corrected chi connectivity index (χ0v) is 13.0. The van der Waals surface area contributed by atoms with Gasteiger partial charge in [0.15, 0.2) is 0 Å². The molecule has 0 spiro atoms. The summed E-state index contributed by atoms with van der Waals surface area (Å²) in [6.07, 6.45) is 0.530. The average Bonchev–Trinajstić information content (AvgIpc) is 2.95. The SMILES string of the molecule is O=C(O)C1CCN(C(=O)NCCSc2ccc(Cl)cc2)C1. The van der Waals surface area contributed by atoms with Crippen LogP contribution in [0.15, 0.2) is 29.2 Å². The molecule has 1 aromatic carbocycles. The number of carboxylic acid groups (broad SMARTS) is 1. The van der Waals surface area contributed by atoms with Crippen molar-refractivity contribution in [1.82, 2.24) is 10.2 Å². The van der Waals surface area contributed by atoms with Crippen LogP contribution in [0.25, 0.3) is 0 Å². The summed E-state index contributed by atoms with van der Waals surface area (Å²) in [7, 11) is 0. The third-order valence-electron chi connectivity index (χ3n) is 3.29. The Balaban J connectivity index is 1.66. The Labute approximate surface area is 132 Å². The molecular formula is C14H17ClN2O3S. The van der Waals surface area contributed by atoms with Crippen LogP contribution in [-0.4, -0.2) is 47.4 Å². The lowest BCUT2D eigenvalue weighted by Crippen LogP contribution is -2.39. The van der Waals surface area contributed by atoms with E-state index in [0.29, 0.717) is 31.1 Å². The number of benzene rings is 1. The van der Waals surface area contributed by atoms with E-state index in [9.17, 15) is 9.59 Å². The number of nitrogens with one attached hydrogen (secondary N) is 1. The fraction of sp³-hybridized carbons (Fsp3) is 0.429. The lowest BCUT2D eigenvalue weighted by atomic mass is 10.1. The number of thioether (sulfide) groups is 1. The monoisotopic (exact) mass is 328 g/mol. The molecule has 21 heavy (non-hydrogen) atoms. The summed E-state index contributed by atoms with van der Waals surface area (Å²) >= 11 is 7.44. The molecule has 1 aliphatic heterocycles. The number of hydrogen-bond acceptors (Lipinski definition) is 3. The number of urea groups is 1. The van der Waals surface area contributed by atoms with Crippen LogP contribution in [0.3, 0.4) is 0 Å². The van der Waals surface area contributed by atoms with Crippen molar-refractivity contribution in [3.05, 3.63) is 29.3 Å². The Bertz CT molecular complexity index is 509. The van der Waals surface area contributed by atoms with Crippen LogP contribution in [0.5, 0.6) is 0 Å². The predicted molar refractivity (Wildman–Crippen MR) is 82.9 cm³/mol. The van der Waals surface area contributed by atoms with E-state index in [1.165, 1.54) is 0 Å². The van der Waals surface area contributed by atoms with Crippen LogP contribution in [0, 0.1) is 5.92 Å². The van der Waals surface area contributed by atoms with Crippen LogP contribution in [0.1, 0.15) is 6.42 Å². The van der Waals surface area contributed by atoms with Gasteiger partial charge >= 0.3 is 12.0 Å². The van der Waals surface area contributed by atoms with Crippen LogP contribution >= 0.6 is 23.4 Å². The third-order valence-corrected chi connectivity index (χ3v) is 4.55. The lowest BCUT2D eigenvalue weighted by Gasteiger charge is -2.16. The van der Waals surface area contributed by atoms with Crippen molar-refractivity contribution in [3.63, 3.8) is 0 Å². The topological polar surface area (TPSA) is 69.6 Å². The first-order valence-electron chi connectivity index (χ1n) is 6.70. The molecule has 0 aliphatic carbocycles. The number of carbonyl (C=O) groups excluding carboxylic acids is 1. The van der Waals surface area contributed by atoms with Crippen molar-refractivity contribution in [2.24, 2.45) is 5.92 Å². The molecule has 1 heterocycles. The molecule has 2 rings (SSSR count). The molecule has 7 heteroatoms. The predicted octanol–water partition coefficient (Wildman–Crippen LogP) is 2.55. The van der Waals surface area contributed by atoms with Crippen LogP contribution in [0.2, 0.25) is 5.02 Å². The van der Waals surface area contributed by atoms with Gasteiger partial charge in [-0.25, -0.2) is 4.79 Å². The molecule has 0 bridgehead atoms. The van der Waals surface area contributed by atoms with Crippen molar-refractivity contribution in [2.45, 2.75) is 11.3 Å². The van der Waals surface area contributed by atoms with Crippen LogP contribution in [0.4, 0.5) is 4.79 Å². The van der Waals surface area contributed by atoms with Crippen molar-refractivity contribution in [3.8, 4) is 0 Å². The van der Waals surface area contributed by atoms with E-state index in [1.807, 2.05) is 24.3 Å². The molecule has 2 amide bonds. The fourth-order valence-corrected chi connectivity index (χ4v) is 3.01. The van der Waals surface area contributed by atoms with Gasteiger partial charge in [-0.2, -0.15) is 0 Å². The normalized spacial score (nSPS) is 17.8. The second kappa shape index (κ2) is 7.56. The highest BCUT2D eigenvalue weighted by Crippen LogP contribution is 2.20. The maximum absolute atomic E-state index is 11.9. The summed E-state index contributed by atoms with van der Waals surface area (Å²) in [4.78, 5) is 25.4. The molecule has 1 aromatic rings. The molecule has 1 fully saturated rings. The molecule has 2 N–H and O–H groups in total. The van der Waals surface area contributed by atoms with Gasteiger partial charge in [0.05, 0.1) is 5.92 Å². The number of rotatable bonds is 5. The van der Waals surface area contributed by atoms with Gasteiger partial charge in [0, 0.05) is 35.3 Å². The van der Waals surface area contributed by atoms with Gasteiger partial charge in [0.1, 0.15) is 0 Å². The van der Waals surface area contributed by atoms with E-state index in [0.717, 1.165) is 10.6 Å². The van der Waals surface area contributed by atoms with Crippen LogP contribution in [-0.2, 0) is 4.79 Å². The first-order chi connectivity index (χ1) is 10.1. The summed E-state index contributed by atoms with van der Waals surface area (Å²) < 4.78 is 0. The Kier molecular flexibility index (Phi) is 5.76. The molecule has 1 atom stereocenters. The second-order valence-corrected chi connectivity index (χ2v) is 6.41. The standard InChI is InChI=1S/C14H17ClN2O3S/c15-11-1-3-12(4-2-11)21-8-6-16-14(20)17-7-5-10(9-17)13(18)19/h1-4,10H,5-9H2,(H,16,20)(H,18,19). The smallest absolute Gasteiger partial charge is 0.317 e. The number of halogens is 1. The molecule has 0 aromatic heterocycles. The summed E-state index contributed by atoms with van der Waals surface area (Å²) in [5, 5.41) is 12.4. The van der Waals surface area contributed by atoms with Crippen molar-refractivity contribution in [1.29, 1.82) is 0 Å². The Morgan fingerprint density at radius 1 is 1.38 bits per heavy atom. The number of nitrogens with zero attached hydrogens (tertiary/aromatic N) is 1. The molecule has 1 unspecified atom stereocenters. The fourth-order valence-electron chi connectivity index (χ4n) is 2.12. The van der Waals surface area contributed by atoms with E-state index < -0.39 is 11.9 Å². The molecule has 1 saturated heterocycles. The van der Waals surface area contributed by atoms with Gasteiger partial charge in [-0.3, -0.25) is 4.79 Å². The molecule has 1 aliphatic rings. The van der Waals surface area contributed by atoms with Crippen molar-refractivity contribution in [2.75, 3.05) is 25.4 Å². The highest BCUT2D eigenvalue weighted by molar-refractivity contribution is 7.99. The van der Waals surface area contributed by atoms with Gasteiger partial charge in [-0.1, -0.05) is 11.6 Å². The number of aliphatic carboxylic acids is 1. The Hall–Kier alpha value is -1.40. The van der Waals surface area contributed by atoms with Crippen molar-refractivity contribution < 1.29 is 14.7 Å². The minimum absolute atomic E-state index is 0.185. The summed E-state index contributed by atoms with van der Waals surface area (Å²) in [5.41, 5.74) is 0. The number of carbonyl (C=O) groups is 2. The minimum Gasteiger partial charge on any atom is -0.481 e. The molecule has 0 radical (unpaired) electrons. The second-order valence-electron chi connectivity index (χ2n) is 4.80. The average molecular weight is 329 g/mol. The zero-order valence-electron chi connectivity index (χ0n) is 11.4. The summed E-state index contributed by atoms with van der Waals surface area (Å²) in [5.74, 6) is -0.508. The first kappa shape index (κ1) is 16.0. The minimum atomic E-state index is -0.830. The van der Waals surface area contributed by atoms with E-state index in [2.05, 4.69) is 5.32 Å². The zero-order chi connectivity index (χ0) is 15.2. The van der Waals surface area contributed by atoms with Gasteiger partial charge in [-0.05, 0) is 30.7 Å². The molecular weight excluding hydrogens is 312 g/mol.